The van der Waals surface area contributed by atoms with Gasteiger partial charge < -0.3 is 9.84 Å². The summed E-state index contributed by atoms with van der Waals surface area (Å²) in [6.45, 7) is 0.943. The second-order valence-electron chi connectivity index (χ2n) is 4.91. The van der Waals surface area contributed by atoms with Crippen LogP contribution in [0, 0.1) is 0 Å². The number of rotatable bonds is 3. The molecule has 0 aromatic carbocycles. The van der Waals surface area contributed by atoms with Crippen molar-refractivity contribution in [2.24, 2.45) is 0 Å². The van der Waals surface area contributed by atoms with Gasteiger partial charge in [-0.3, -0.25) is 9.69 Å². The molecule has 1 N–H and O–H groups in total. The Labute approximate surface area is 96.6 Å². The quantitative estimate of drug-likeness (QED) is 0.793. The fourth-order valence-corrected chi connectivity index (χ4v) is 3.13. The highest BCUT2D eigenvalue weighted by Crippen LogP contribution is 2.30. The Morgan fingerprint density at radius 3 is 2.81 bits per heavy atom. The van der Waals surface area contributed by atoms with Crippen LogP contribution in [0.4, 0.5) is 0 Å². The Bertz CT molecular complexity index is 257. The molecule has 3 unspecified atom stereocenters. The minimum absolute atomic E-state index is 0.249. The zero-order chi connectivity index (χ0) is 11.5. The molecule has 1 saturated heterocycles. The maximum absolute atomic E-state index is 11.1. The van der Waals surface area contributed by atoms with E-state index in [-0.39, 0.29) is 6.04 Å². The molecule has 1 heterocycles. The number of hydrogen-bond acceptors (Lipinski definition) is 3. The van der Waals surface area contributed by atoms with Crippen LogP contribution in [0.1, 0.15) is 38.5 Å². The third kappa shape index (κ3) is 2.38. The van der Waals surface area contributed by atoms with Gasteiger partial charge in [0.05, 0.1) is 6.10 Å². The van der Waals surface area contributed by atoms with E-state index >= 15 is 0 Å². The Morgan fingerprint density at radius 2 is 2.12 bits per heavy atom. The molecule has 4 nitrogen and oxygen atoms in total. The lowest BCUT2D eigenvalue weighted by molar-refractivity contribution is -0.143. The SMILES string of the molecule is COC1CCCC(N2CCCC2C(=O)O)C1. The number of carboxylic acids is 1. The Morgan fingerprint density at radius 1 is 1.31 bits per heavy atom. The zero-order valence-electron chi connectivity index (χ0n) is 9.89. The second kappa shape index (κ2) is 5.15. The third-order valence-corrected chi connectivity index (χ3v) is 3.98. The van der Waals surface area contributed by atoms with Gasteiger partial charge in [-0.15, -0.1) is 0 Å². The standard InChI is InChI=1S/C12H21NO3/c1-16-10-5-2-4-9(8-10)13-7-3-6-11(13)12(14)15/h9-11H,2-8H2,1H3,(H,14,15). The summed E-state index contributed by atoms with van der Waals surface area (Å²) in [5.41, 5.74) is 0. The first-order chi connectivity index (χ1) is 7.72. The van der Waals surface area contributed by atoms with Crippen LogP contribution in [0.5, 0.6) is 0 Å². The van der Waals surface area contributed by atoms with E-state index in [1.54, 1.807) is 7.11 Å². The van der Waals surface area contributed by atoms with Crippen molar-refractivity contribution in [2.75, 3.05) is 13.7 Å². The molecule has 1 saturated carbocycles. The molecule has 0 spiro atoms. The first kappa shape index (κ1) is 11.9. The van der Waals surface area contributed by atoms with Crippen LogP contribution >= 0.6 is 0 Å². The molecule has 16 heavy (non-hydrogen) atoms. The number of ether oxygens (including phenoxy) is 1. The molecule has 2 aliphatic rings. The van der Waals surface area contributed by atoms with Crippen molar-refractivity contribution in [2.45, 2.75) is 56.7 Å². The van der Waals surface area contributed by atoms with Gasteiger partial charge in [0.1, 0.15) is 6.04 Å². The maximum atomic E-state index is 11.1. The number of carboxylic acid groups (broad SMARTS) is 1. The molecule has 4 heteroatoms. The summed E-state index contributed by atoms with van der Waals surface area (Å²) < 4.78 is 5.40. The minimum Gasteiger partial charge on any atom is -0.480 e. The first-order valence-corrected chi connectivity index (χ1v) is 6.23. The number of methoxy groups -OCH3 is 1. The Hall–Kier alpha value is -0.610. The van der Waals surface area contributed by atoms with E-state index in [1.807, 2.05) is 0 Å². The first-order valence-electron chi connectivity index (χ1n) is 6.23. The zero-order valence-corrected chi connectivity index (χ0v) is 9.89. The maximum Gasteiger partial charge on any atom is 0.320 e. The van der Waals surface area contributed by atoms with Gasteiger partial charge in [0.15, 0.2) is 0 Å². The van der Waals surface area contributed by atoms with Crippen molar-refractivity contribution in [3.8, 4) is 0 Å². The molecule has 92 valence electrons. The van der Waals surface area contributed by atoms with Crippen LogP contribution in [-0.2, 0) is 9.53 Å². The molecule has 2 rings (SSSR count). The van der Waals surface area contributed by atoms with Crippen LogP contribution in [0.2, 0.25) is 0 Å². The van der Waals surface area contributed by atoms with Crippen LogP contribution in [0.15, 0.2) is 0 Å². The van der Waals surface area contributed by atoms with Gasteiger partial charge in [-0.2, -0.15) is 0 Å². The van der Waals surface area contributed by atoms with Crippen molar-refractivity contribution in [1.29, 1.82) is 0 Å². The lowest BCUT2D eigenvalue weighted by atomic mass is 9.91. The number of nitrogens with zero attached hydrogens (tertiary/aromatic N) is 1. The van der Waals surface area contributed by atoms with E-state index in [9.17, 15) is 4.79 Å². The smallest absolute Gasteiger partial charge is 0.320 e. The number of aliphatic carboxylic acids is 1. The van der Waals surface area contributed by atoms with E-state index in [1.165, 1.54) is 0 Å². The van der Waals surface area contributed by atoms with E-state index < -0.39 is 5.97 Å². The molecule has 0 amide bonds. The summed E-state index contributed by atoms with van der Waals surface area (Å²) in [7, 11) is 1.76. The largest absolute Gasteiger partial charge is 0.480 e. The van der Waals surface area contributed by atoms with E-state index in [0.717, 1.165) is 45.1 Å². The van der Waals surface area contributed by atoms with Crippen molar-refractivity contribution >= 4 is 5.97 Å². The van der Waals surface area contributed by atoms with Gasteiger partial charge in [0.2, 0.25) is 0 Å². The predicted molar refractivity (Wildman–Crippen MR) is 60.4 cm³/mol. The molecule has 1 aliphatic carbocycles. The van der Waals surface area contributed by atoms with Crippen LogP contribution in [0.25, 0.3) is 0 Å². The average molecular weight is 227 g/mol. The number of hydrogen-bond donors (Lipinski definition) is 1. The van der Waals surface area contributed by atoms with Gasteiger partial charge in [-0.25, -0.2) is 0 Å². The topological polar surface area (TPSA) is 49.8 Å². The summed E-state index contributed by atoms with van der Waals surface area (Å²) >= 11 is 0. The van der Waals surface area contributed by atoms with Crippen molar-refractivity contribution in [1.82, 2.24) is 4.90 Å². The Kier molecular flexibility index (Phi) is 3.82. The molecule has 2 fully saturated rings. The van der Waals surface area contributed by atoms with E-state index in [2.05, 4.69) is 4.90 Å². The van der Waals surface area contributed by atoms with Gasteiger partial charge >= 0.3 is 5.97 Å². The lowest BCUT2D eigenvalue weighted by Gasteiger charge is -2.36. The Balaban J connectivity index is 1.97. The van der Waals surface area contributed by atoms with Gasteiger partial charge in [-0.05, 0) is 45.1 Å². The highest BCUT2D eigenvalue weighted by molar-refractivity contribution is 5.73. The fourth-order valence-electron chi connectivity index (χ4n) is 3.13. The summed E-state index contributed by atoms with van der Waals surface area (Å²) in [4.78, 5) is 13.3. The van der Waals surface area contributed by atoms with E-state index in [0.29, 0.717) is 12.1 Å². The van der Waals surface area contributed by atoms with Crippen LogP contribution < -0.4 is 0 Å². The van der Waals surface area contributed by atoms with Gasteiger partial charge in [0, 0.05) is 13.2 Å². The van der Waals surface area contributed by atoms with Crippen LogP contribution in [-0.4, -0.2) is 47.8 Å². The summed E-state index contributed by atoms with van der Waals surface area (Å²) in [5.74, 6) is -0.656. The number of likely N-dealkylation sites (tertiary alicyclic amines) is 1. The average Bonchev–Trinajstić information content (AvgIpc) is 2.78. The molecule has 0 aromatic heterocycles. The molecular weight excluding hydrogens is 206 g/mol. The van der Waals surface area contributed by atoms with Gasteiger partial charge in [-0.1, -0.05) is 0 Å². The monoisotopic (exact) mass is 227 g/mol. The summed E-state index contributed by atoms with van der Waals surface area (Å²) in [5, 5.41) is 9.16. The minimum atomic E-state index is -0.656. The van der Waals surface area contributed by atoms with E-state index in [4.69, 9.17) is 9.84 Å². The highest BCUT2D eigenvalue weighted by Gasteiger charge is 2.37. The molecule has 1 aliphatic heterocycles. The fraction of sp³-hybridized carbons (Fsp3) is 0.917. The third-order valence-electron chi connectivity index (χ3n) is 3.98. The normalized spacial score (nSPS) is 36.4. The molecule has 0 bridgehead atoms. The molecule has 0 radical (unpaired) electrons. The summed E-state index contributed by atoms with van der Waals surface area (Å²) in [6, 6.07) is 0.169. The predicted octanol–water partition coefficient (Wildman–Crippen LogP) is 1.49. The molecule has 0 aromatic rings. The van der Waals surface area contributed by atoms with Gasteiger partial charge in [0.25, 0.3) is 0 Å². The molecular formula is C12H21NO3. The highest BCUT2D eigenvalue weighted by atomic mass is 16.5. The lowest BCUT2D eigenvalue weighted by Crippen LogP contribution is -2.46. The van der Waals surface area contributed by atoms with Crippen LogP contribution in [0.3, 0.4) is 0 Å². The summed E-state index contributed by atoms with van der Waals surface area (Å²) in [6.07, 6.45) is 6.57. The van der Waals surface area contributed by atoms with Crippen molar-refractivity contribution in [3.05, 3.63) is 0 Å². The number of carbonyl (C=O) groups is 1. The van der Waals surface area contributed by atoms with Crippen molar-refractivity contribution < 1.29 is 14.6 Å². The van der Waals surface area contributed by atoms with Crippen molar-refractivity contribution in [3.63, 3.8) is 0 Å². The molecule has 3 atom stereocenters. The second-order valence-corrected chi connectivity index (χ2v) is 4.91.